The molecule has 1 heterocycles. The molecule has 0 aromatic heterocycles. The van der Waals surface area contributed by atoms with Crippen LogP contribution in [0, 0.1) is 0 Å². The molecule has 0 spiro atoms. The fourth-order valence-corrected chi connectivity index (χ4v) is 2.77. The Kier molecular flexibility index (Phi) is 3.05. The molecule has 3 atom stereocenters. The zero-order valence-corrected chi connectivity index (χ0v) is 10.9. The minimum absolute atomic E-state index is 0.168. The number of benzene rings is 2. The summed E-state index contributed by atoms with van der Waals surface area (Å²) in [7, 11) is 0. The number of hydrogen-bond acceptors (Lipinski definition) is 3. The van der Waals surface area contributed by atoms with Gasteiger partial charge in [-0.1, -0.05) is 42.5 Å². The van der Waals surface area contributed by atoms with E-state index in [1.165, 1.54) is 0 Å². The molecule has 0 bridgehead atoms. The Morgan fingerprint density at radius 1 is 1.21 bits per heavy atom. The predicted molar refractivity (Wildman–Crippen MR) is 73.9 cm³/mol. The van der Waals surface area contributed by atoms with Crippen molar-refractivity contribution in [3.63, 3.8) is 0 Å². The van der Waals surface area contributed by atoms with Gasteiger partial charge in [0.15, 0.2) is 0 Å². The summed E-state index contributed by atoms with van der Waals surface area (Å²) >= 11 is 0. The monoisotopic (exact) mass is 258 g/mol. The van der Waals surface area contributed by atoms with Crippen LogP contribution in [0.2, 0.25) is 0 Å². The van der Waals surface area contributed by atoms with E-state index in [9.17, 15) is 10.2 Å². The normalized spacial score (nSPS) is 30.9. The van der Waals surface area contributed by atoms with E-state index in [4.69, 9.17) is 4.74 Å². The molecule has 1 aliphatic rings. The van der Waals surface area contributed by atoms with Crippen molar-refractivity contribution in [3.05, 3.63) is 48.0 Å². The first-order valence-corrected chi connectivity index (χ1v) is 6.58. The first-order valence-electron chi connectivity index (χ1n) is 6.58. The van der Waals surface area contributed by atoms with Crippen LogP contribution in [-0.4, -0.2) is 28.5 Å². The Morgan fingerprint density at radius 3 is 2.68 bits per heavy atom. The lowest BCUT2D eigenvalue weighted by Crippen LogP contribution is -2.39. The van der Waals surface area contributed by atoms with Gasteiger partial charge in [-0.2, -0.15) is 0 Å². The van der Waals surface area contributed by atoms with Gasteiger partial charge in [0.05, 0.1) is 18.8 Å². The molecule has 3 nitrogen and oxygen atoms in total. The van der Waals surface area contributed by atoms with E-state index in [1.54, 1.807) is 6.92 Å². The predicted octanol–water partition coefficient (Wildman–Crippen LogP) is 2.41. The highest BCUT2D eigenvalue weighted by Gasteiger charge is 2.44. The van der Waals surface area contributed by atoms with Gasteiger partial charge in [-0.05, 0) is 23.3 Å². The van der Waals surface area contributed by atoms with E-state index >= 15 is 0 Å². The summed E-state index contributed by atoms with van der Waals surface area (Å²) in [5, 5.41) is 21.8. The van der Waals surface area contributed by atoms with E-state index in [-0.39, 0.29) is 12.7 Å². The largest absolute Gasteiger partial charge is 0.393 e. The van der Waals surface area contributed by atoms with Gasteiger partial charge in [-0.15, -0.1) is 0 Å². The maximum Gasteiger partial charge on any atom is 0.115 e. The summed E-state index contributed by atoms with van der Waals surface area (Å²) in [6.45, 7) is 1.58. The minimum Gasteiger partial charge on any atom is -0.393 e. The Morgan fingerprint density at radius 2 is 1.95 bits per heavy atom. The highest BCUT2D eigenvalue weighted by Crippen LogP contribution is 2.41. The number of aliphatic hydroxyl groups is 2. The molecule has 1 saturated heterocycles. The second-order valence-electron chi connectivity index (χ2n) is 5.40. The van der Waals surface area contributed by atoms with Crippen LogP contribution < -0.4 is 0 Å². The lowest BCUT2D eigenvalue weighted by atomic mass is 9.95. The number of rotatable bonds is 2. The first kappa shape index (κ1) is 12.6. The molecule has 3 heteroatoms. The summed E-state index contributed by atoms with van der Waals surface area (Å²) in [5.41, 5.74) is 0.219. The molecule has 0 radical (unpaired) electrons. The zero-order valence-electron chi connectivity index (χ0n) is 10.9. The van der Waals surface area contributed by atoms with Crippen LogP contribution in [0.1, 0.15) is 25.0 Å². The summed E-state index contributed by atoms with van der Waals surface area (Å²) < 4.78 is 5.90. The van der Waals surface area contributed by atoms with Crippen LogP contribution in [0.4, 0.5) is 0 Å². The number of ether oxygens (including phenoxy) is 1. The average Bonchev–Trinajstić information content (AvgIpc) is 2.75. The van der Waals surface area contributed by atoms with Crippen LogP contribution in [0.5, 0.6) is 0 Å². The Hall–Kier alpha value is -1.42. The first-order chi connectivity index (χ1) is 9.14. The van der Waals surface area contributed by atoms with Crippen LogP contribution in [0.15, 0.2) is 42.5 Å². The Balaban J connectivity index is 2.02. The lowest BCUT2D eigenvalue weighted by Gasteiger charge is -2.25. The topological polar surface area (TPSA) is 49.7 Å². The van der Waals surface area contributed by atoms with Gasteiger partial charge in [0.25, 0.3) is 0 Å². The number of aliphatic hydroxyl groups excluding tert-OH is 2. The highest BCUT2D eigenvalue weighted by atomic mass is 16.5. The molecule has 3 rings (SSSR count). The third-order valence-corrected chi connectivity index (χ3v) is 4.04. The highest BCUT2D eigenvalue weighted by molar-refractivity contribution is 5.86. The molecule has 2 aromatic carbocycles. The standard InChI is InChI=1S/C16H18O3/c1-16(10-17)15(18)9-14(19-16)13-8-4-6-11-5-2-3-7-12(11)13/h2-8,14-15,17-18H,9-10H2,1H3/t14-,15-,16-/m1/s1. The SMILES string of the molecule is C[C@]1(CO)O[C@@H](c2cccc3ccccc23)C[C@H]1O. The van der Waals surface area contributed by atoms with E-state index in [0.29, 0.717) is 6.42 Å². The summed E-state index contributed by atoms with van der Waals surface area (Å²) in [4.78, 5) is 0. The van der Waals surface area contributed by atoms with Crippen molar-refractivity contribution in [2.75, 3.05) is 6.61 Å². The van der Waals surface area contributed by atoms with Gasteiger partial charge >= 0.3 is 0 Å². The summed E-state index contributed by atoms with van der Waals surface area (Å²) in [6, 6.07) is 14.2. The molecular formula is C16H18O3. The van der Waals surface area contributed by atoms with Gasteiger partial charge in [-0.3, -0.25) is 0 Å². The molecule has 1 fully saturated rings. The van der Waals surface area contributed by atoms with Crippen molar-refractivity contribution in [2.45, 2.75) is 31.2 Å². The van der Waals surface area contributed by atoms with E-state index in [0.717, 1.165) is 16.3 Å². The summed E-state index contributed by atoms with van der Waals surface area (Å²) in [5.74, 6) is 0. The van der Waals surface area contributed by atoms with Gasteiger partial charge in [0, 0.05) is 6.42 Å². The van der Waals surface area contributed by atoms with Crippen molar-refractivity contribution in [1.29, 1.82) is 0 Å². The number of fused-ring (bicyclic) bond motifs is 1. The van der Waals surface area contributed by atoms with Gasteiger partial charge in [0.1, 0.15) is 5.60 Å². The molecular weight excluding hydrogens is 240 g/mol. The molecule has 0 aliphatic carbocycles. The van der Waals surface area contributed by atoms with Crippen molar-refractivity contribution in [1.82, 2.24) is 0 Å². The molecule has 0 unspecified atom stereocenters. The van der Waals surface area contributed by atoms with E-state index in [1.807, 2.05) is 24.3 Å². The van der Waals surface area contributed by atoms with Gasteiger partial charge < -0.3 is 14.9 Å². The smallest absolute Gasteiger partial charge is 0.115 e. The van der Waals surface area contributed by atoms with Crippen molar-refractivity contribution in [3.8, 4) is 0 Å². The molecule has 2 aromatic rings. The van der Waals surface area contributed by atoms with Crippen molar-refractivity contribution < 1.29 is 14.9 Å². The average molecular weight is 258 g/mol. The van der Waals surface area contributed by atoms with E-state index < -0.39 is 11.7 Å². The molecule has 19 heavy (non-hydrogen) atoms. The van der Waals surface area contributed by atoms with Crippen LogP contribution in [0.25, 0.3) is 10.8 Å². The second-order valence-corrected chi connectivity index (χ2v) is 5.40. The third-order valence-electron chi connectivity index (χ3n) is 4.04. The van der Waals surface area contributed by atoms with E-state index in [2.05, 4.69) is 18.2 Å². The van der Waals surface area contributed by atoms with Crippen molar-refractivity contribution in [2.24, 2.45) is 0 Å². The maximum atomic E-state index is 10.1. The lowest BCUT2D eigenvalue weighted by molar-refractivity contribution is -0.0990. The van der Waals surface area contributed by atoms with Crippen LogP contribution in [-0.2, 0) is 4.74 Å². The maximum absolute atomic E-state index is 10.1. The minimum atomic E-state index is -0.860. The second kappa shape index (κ2) is 4.60. The molecule has 100 valence electrons. The zero-order chi connectivity index (χ0) is 13.5. The van der Waals surface area contributed by atoms with Crippen molar-refractivity contribution >= 4 is 10.8 Å². The Bertz CT molecular complexity index is 590. The molecule has 1 aliphatic heterocycles. The Labute approximate surface area is 112 Å². The van der Waals surface area contributed by atoms with Gasteiger partial charge in [-0.25, -0.2) is 0 Å². The molecule has 2 N–H and O–H groups in total. The van der Waals surface area contributed by atoms with Gasteiger partial charge in [0.2, 0.25) is 0 Å². The fraction of sp³-hybridized carbons (Fsp3) is 0.375. The third kappa shape index (κ3) is 2.04. The van der Waals surface area contributed by atoms with Crippen LogP contribution in [0.3, 0.4) is 0 Å². The van der Waals surface area contributed by atoms with Crippen LogP contribution >= 0.6 is 0 Å². The summed E-state index contributed by atoms with van der Waals surface area (Å²) in [6.07, 6.45) is -0.287. The number of hydrogen-bond donors (Lipinski definition) is 2. The molecule has 0 saturated carbocycles. The fourth-order valence-electron chi connectivity index (χ4n) is 2.77. The quantitative estimate of drug-likeness (QED) is 0.869. The molecule has 0 amide bonds.